The molecule has 3 rings (SSSR count). The predicted octanol–water partition coefficient (Wildman–Crippen LogP) is 4.69. The summed E-state index contributed by atoms with van der Waals surface area (Å²) in [5, 5.41) is 2.78. The van der Waals surface area contributed by atoms with Gasteiger partial charge in [0.15, 0.2) is 0 Å². The topological polar surface area (TPSA) is 66.5 Å². The van der Waals surface area contributed by atoms with Gasteiger partial charge in [-0.2, -0.15) is 0 Å². The first-order valence-electron chi connectivity index (χ1n) is 9.42. The Hall–Kier alpha value is -2.77. The van der Waals surface area contributed by atoms with E-state index in [1.807, 2.05) is 55.5 Å². The monoisotopic (exact) mass is 440 g/mol. The molecule has 3 aromatic rings. The minimum Gasteiger partial charge on any atom is -0.325 e. The highest BCUT2D eigenvalue weighted by atomic mass is 32.2. The van der Waals surface area contributed by atoms with E-state index >= 15 is 0 Å². The lowest BCUT2D eigenvalue weighted by Crippen LogP contribution is -2.37. The van der Waals surface area contributed by atoms with Crippen LogP contribution in [0.25, 0.3) is 0 Å². The molecule has 0 unspecified atom stereocenters. The van der Waals surface area contributed by atoms with Crippen molar-refractivity contribution in [2.45, 2.75) is 17.6 Å². The smallest absolute Gasteiger partial charge is 0.245 e. The van der Waals surface area contributed by atoms with Gasteiger partial charge in [-0.25, -0.2) is 8.42 Å². The van der Waals surface area contributed by atoms with Crippen LogP contribution in [-0.2, 0) is 20.6 Å². The first kappa shape index (κ1) is 21.9. The molecule has 30 heavy (non-hydrogen) atoms. The van der Waals surface area contributed by atoms with Crippen molar-refractivity contribution in [3.05, 3.63) is 90.0 Å². The summed E-state index contributed by atoms with van der Waals surface area (Å²) in [5.74, 6) is 0.432. The van der Waals surface area contributed by atoms with Crippen molar-refractivity contribution >= 4 is 39.1 Å². The Morgan fingerprint density at radius 2 is 1.67 bits per heavy atom. The number of carbonyl (C=O) groups is 1. The van der Waals surface area contributed by atoms with Crippen LogP contribution >= 0.6 is 11.8 Å². The average Bonchev–Trinajstić information content (AvgIpc) is 2.71. The Morgan fingerprint density at radius 1 is 0.967 bits per heavy atom. The Labute approximate surface area is 182 Å². The zero-order valence-electron chi connectivity index (χ0n) is 16.9. The second-order valence-electron chi connectivity index (χ2n) is 6.96. The quantitative estimate of drug-likeness (QED) is 0.516. The third kappa shape index (κ3) is 6.37. The fraction of sp³-hybridized carbons (Fsp3) is 0.174. The zero-order chi connectivity index (χ0) is 21.6. The summed E-state index contributed by atoms with van der Waals surface area (Å²) in [4.78, 5) is 13.7. The van der Waals surface area contributed by atoms with Gasteiger partial charge in [0.05, 0.1) is 11.9 Å². The Morgan fingerprint density at radius 3 is 2.30 bits per heavy atom. The number of rotatable bonds is 8. The molecule has 0 saturated carbocycles. The lowest BCUT2D eigenvalue weighted by molar-refractivity contribution is -0.114. The first-order chi connectivity index (χ1) is 14.3. The summed E-state index contributed by atoms with van der Waals surface area (Å²) >= 11 is 1.74. The third-order valence-electron chi connectivity index (χ3n) is 4.36. The minimum absolute atomic E-state index is 0.284. The van der Waals surface area contributed by atoms with Crippen LogP contribution in [0.5, 0.6) is 0 Å². The highest BCUT2D eigenvalue weighted by Gasteiger charge is 2.21. The van der Waals surface area contributed by atoms with Gasteiger partial charge in [-0.1, -0.05) is 42.5 Å². The van der Waals surface area contributed by atoms with E-state index in [4.69, 9.17) is 0 Å². The number of sulfonamides is 1. The SMILES string of the molecule is Cc1cccc(N(CC(=O)Nc2ccc(CSc3ccccc3)cc2)S(C)(=O)=O)c1. The highest BCUT2D eigenvalue weighted by molar-refractivity contribution is 7.98. The van der Waals surface area contributed by atoms with Crippen LogP contribution in [0.1, 0.15) is 11.1 Å². The molecule has 0 aliphatic rings. The summed E-state index contributed by atoms with van der Waals surface area (Å²) in [6.07, 6.45) is 1.10. The van der Waals surface area contributed by atoms with Crippen molar-refractivity contribution in [1.29, 1.82) is 0 Å². The van der Waals surface area contributed by atoms with E-state index in [1.165, 1.54) is 4.90 Å². The van der Waals surface area contributed by atoms with E-state index in [-0.39, 0.29) is 6.54 Å². The molecular weight excluding hydrogens is 416 g/mol. The number of amides is 1. The van der Waals surface area contributed by atoms with Crippen molar-refractivity contribution in [3.8, 4) is 0 Å². The third-order valence-corrected chi connectivity index (χ3v) is 6.59. The van der Waals surface area contributed by atoms with Gasteiger partial charge in [-0.05, 0) is 54.4 Å². The van der Waals surface area contributed by atoms with E-state index < -0.39 is 15.9 Å². The molecule has 0 aliphatic carbocycles. The second kappa shape index (κ2) is 9.82. The Balaban J connectivity index is 1.61. The summed E-state index contributed by atoms with van der Waals surface area (Å²) in [7, 11) is -3.59. The maximum Gasteiger partial charge on any atom is 0.245 e. The largest absolute Gasteiger partial charge is 0.325 e. The minimum atomic E-state index is -3.59. The van der Waals surface area contributed by atoms with Crippen LogP contribution in [0.3, 0.4) is 0 Å². The van der Waals surface area contributed by atoms with Gasteiger partial charge in [0, 0.05) is 16.3 Å². The van der Waals surface area contributed by atoms with E-state index in [0.29, 0.717) is 11.4 Å². The molecule has 0 radical (unpaired) electrons. The summed E-state index contributed by atoms with van der Waals surface area (Å²) in [6, 6.07) is 24.8. The molecule has 0 fully saturated rings. The molecule has 0 bridgehead atoms. The summed E-state index contributed by atoms with van der Waals surface area (Å²) in [5.41, 5.74) is 3.16. The van der Waals surface area contributed by atoms with Crippen molar-refractivity contribution in [1.82, 2.24) is 0 Å². The number of thioether (sulfide) groups is 1. The molecule has 0 aromatic heterocycles. The van der Waals surface area contributed by atoms with E-state index in [9.17, 15) is 13.2 Å². The lowest BCUT2D eigenvalue weighted by Gasteiger charge is -2.22. The Kier molecular flexibility index (Phi) is 7.18. The van der Waals surface area contributed by atoms with Crippen LogP contribution in [0, 0.1) is 6.92 Å². The molecule has 1 amide bonds. The summed E-state index contributed by atoms with van der Waals surface area (Å²) in [6.45, 7) is 1.59. The van der Waals surface area contributed by atoms with Crippen LogP contribution in [-0.4, -0.2) is 27.1 Å². The normalized spacial score (nSPS) is 11.1. The molecule has 7 heteroatoms. The molecule has 1 N–H and O–H groups in total. The molecule has 156 valence electrons. The van der Waals surface area contributed by atoms with Crippen LogP contribution in [0.15, 0.2) is 83.8 Å². The van der Waals surface area contributed by atoms with Crippen LogP contribution in [0.4, 0.5) is 11.4 Å². The highest BCUT2D eigenvalue weighted by Crippen LogP contribution is 2.23. The van der Waals surface area contributed by atoms with Crippen LogP contribution in [0.2, 0.25) is 0 Å². The van der Waals surface area contributed by atoms with Crippen LogP contribution < -0.4 is 9.62 Å². The fourth-order valence-electron chi connectivity index (χ4n) is 2.88. The van der Waals surface area contributed by atoms with Gasteiger partial charge >= 0.3 is 0 Å². The van der Waals surface area contributed by atoms with Crippen molar-refractivity contribution in [2.24, 2.45) is 0 Å². The standard InChI is InChI=1S/C23H24N2O3S2/c1-18-7-6-8-21(15-18)25(30(2,27)28)16-23(26)24-20-13-11-19(12-14-20)17-29-22-9-4-3-5-10-22/h3-15H,16-17H2,1-2H3,(H,24,26). The maximum atomic E-state index is 12.5. The van der Waals surface area contributed by atoms with Gasteiger partial charge in [0.25, 0.3) is 0 Å². The van der Waals surface area contributed by atoms with E-state index in [0.717, 1.165) is 27.4 Å². The number of nitrogens with zero attached hydrogens (tertiary/aromatic N) is 1. The second-order valence-corrected chi connectivity index (χ2v) is 9.91. The fourth-order valence-corrected chi connectivity index (χ4v) is 4.61. The van der Waals surface area contributed by atoms with Gasteiger partial charge in [-0.3, -0.25) is 9.10 Å². The van der Waals surface area contributed by atoms with Crippen molar-refractivity contribution in [2.75, 3.05) is 22.4 Å². The molecule has 0 aliphatic heterocycles. The number of hydrogen-bond acceptors (Lipinski definition) is 4. The molecule has 0 saturated heterocycles. The van der Waals surface area contributed by atoms with Gasteiger partial charge in [0.1, 0.15) is 6.54 Å². The number of hydrogen-bond donors (Lipinski definition) is 1. The van der Waals surface area contributed by atoms with E-state index in [2.05, 4.69) is 17.4 Å². The molecule has 5 nitrogen and oxygen atoms in total. The van der Waals surface area contributed by atoms with Gasteiger partial charge < -0.3 is 5.32 Å². The van der Waals surface area contributed by atoms with Crippen molar-refractivity contribution in [3.63, 3.8) is 0 Å². The zero-order valence-corrected chi connectivity index (χ0v) is 18.5. The number of anilines is 2. The molecule has 0 spiro atoms. The van der Waals surface area contributed by atoms with E-state index in [1.54, 1.807) is 30.0 Å². The lowest BCUT2D eigenvalue weighted by atomic mass is 10.2. The average molecular weight is 441 g/mol. The molecule has 3 aromatic carbocycles. The number of carbonyl (C=O) groups excluding carboxylic acids is 1. The number of nitrogens with one attached hydrogen (secondary N) is 1. The van der Waals surface area contributed by atoms with Gasteiger partial charge in [-0.15, -0.1) is 11.8 Å². The van der Waals surface area contributed by atoms with Gasteiger partial charge in [0.2, 0.25) is 15.9 Å². The Bertz CT molecular complexity index is 1100. The first-order valence-corrected chi connectivity index (χ1v) is 12.3. The maximum absolute atomic E-state index is 12.5. The summed E-state index contributed by atoms with van der Waals surface area (Å²) < 4.78 is 25.5. The number of benzene rings is 3. The molecule has 0 atom stereocenters. The van der Waals surface area contributed by atoms with Crippen molar-refractivity contribution < 1.29 is 13.2 Å². The number of aryl methyl sites for hydroxylation is 1. The predicted molar refractivity (Wildman–Crippen MR) is 124 cm³/mol. The molecular formula is C23H24N2O3S2. The molecule has 0 heterocycles.